The van der Waals surface area contributed by atoms with Gasteiger partial charge in [-0.3, -0.25) is 4.98 Å². The molecule has 2 nitrogen and oxygen atoms in total. The smallest absolute Gasteiger partial charge is 0.129 e. The molecule has 1 atom stereocenters. The van der Waals surface area contributed by atoms with E-state index in [1.807, 2.05) is 42.5 Å². The Kier molecular flexibility index (Phi) is 3.08. The Morgan fingerprint density at radius 1 is 1.19 bits per heavy atom. The molecule has 1 aromatic carbocycles. The van der Waals surface area contributed by atoms with Crippen LogP contribution >= 0.6 is 15.9 Å². The van der Waals surface area contributed by atoms with Gasteiger partial charge in [-0.2, -0.15) is 0 Å². The summed E-state index contributed by atoms with van der Waals surface area (Å²) in [5, 5.41) is 10.5. The highest BCUT2D eigenvalue weighted by Crippen LogP contribution is 2.28. The van der Waals surface area contributed by atoms with E-state index in [9.17, 15) is 5.11 Å². The van der Waals surface area contributed by atoms with E-state index in [1.165, 1.54) is 0 Å². The zero-order chi connectivity index (χ0) is 11.6. The van der Waals surface area contributed by atoms with Gasteiger partial charge in [-0.1, -0.05) is 34.1 Å². The summed E-state index contributed by atoms with van der Waals surface area (Å²) in [5.41, 5.74) is 0.402. The first-order valence-corrected chi connectivity index (χ1v) is 5.80. The molecule has 3 heteroatoms. The number of nitrogens with zero attached hydrogens (tertiary/aromatic N) is 1. The molecule has 16 heavy (non-hydrogen) atoms. The summed E-state index contributed by atoms with van der Waals surface area (Å²) >= 11 is 3.40. The number of hydrogen-bond donors (Lipinski definition) is 1. The number of aliphatic hydroxyl groups is 1. The van der Waals surface area contributed by atoms with Gasteiger partial charge in [0.2, 0.25) is 0 Å². The number of halogens is 1. The molecule has 0 saturated carbocycles. The Labute approximate surface area is 103 Å². The van der Waals surface area contributed by atoms with Crippen LogP contribution in [0.4, 0.5) is 0 Å². The average Bonchev–Trinajstić information content (AvgIpc) is 2.30. The van der Waals surface area contributed by atoms with Crippen molar-refractivity contribution < 1.29 is 5.11 Å². The highest BCUT2D eigenvalue weighted by molar-refractivity contribution is 9.10. The maximum absolute atomic E-state index is 10.5. The third-order valence-electron chi connectivity index (χ3n) is 2.55. The van der Waals surface area contributed by atoms with Crippen molar-refractivity contribution in [1.29, 1.82) is 0 Å². The SMILES string of the molecule is C[C@@](O)(c1cccc(Br)c1)c1ccccn1. The van der Waals surface area contributed by atoms with Crippen molar-refractivity contribution in [2.45, 2.75) is 12.5 Å². The number of hydrogen-bond acceptors (Lipinski definition) is 2. The summed E-state index contributed by atoms with van der Waals surface area (Å²) in [6, 6.07) is 13.1. The zero-order valence-electron chi connectivity index (χ0n) is 8.89. The first kappa shape index (κ1) is 11.3. The molecule has 2 rings (SSSR count). The molecule has 0 aliphatic heterocycles. The molecule has 0 radical (unpaired) electrons. The molecule has 1 aromatic heterocycles. The van der Waals surface area contributed by atoms with Gasteiger partial charge in [0, 0.05) is 10.7 Å². The average molecular weight is 278 g/mol. The van der Waals surface area contributed by atoms with Crippen molar-refractivity contribution >= 4 is 15.9 Å². The largest absolute Gasteiger partial charge is 0.379 e. The molecule has 0 unspecified atom stereocenters. The molecule has 1 heterocycles. The van der Waals surface area contributed by atoms with Gasteiger partial charge in [-0.05, 0) is 36.8 Å². The Bertz CT molecular complexity index is 482. The third kappa shape index (κ3) is 2.15. The molecule has 82 valence electrons. The predicted octanol–water partition coefficient (Wildman–Crippen LogP) is 3.10. The Hall–Kier alpha value is -1.19. The van der Waals surface area contributed by atoms with Crippen molar-refractivity contribution in [3.05, 3.63) is 64.4 Å². The van der Waals surface area contributed by atoms with Crippen LogP contribution < -0.4 is 0 Å². The van der Waals surface area contributed by atoms with Crippen LogP contribution in [0.2, 0.25) is 0 Å². The predicted molar refractivity (Wildman–Crippen MR) is 67.1 cm³/mol. The molecule has 0 bridgehead atoms. The van der Waals surface area contributed by atoms with E-state index < -0.39 is 5.60 Å². The lowest BCUT2D eigenvalue weighted by molar-refractivity contribution is 0.0973. The van der Waals surface area contributed by atoms with E-state index >= 15 is 0 Å². The number of benzene rings is 1. The fourth-order valence-corrected chi connectivity index (χ4v) is 1.99. The standard InChI is InChI=1S/C13H12BrNO/c1-13(16,12-7-2-3-8-15-12)10-5-4-6-11(14)9-10/h2-9,16H,1H3/t13-/m1/s1. The first-order chi connectivity index (χ1) is 7.60. The van der Waals surface area contributed by atoms with Crippen LogP contribution in [-0.4, -0.2) is 10.1 Å². The molecule has 0 aliphatic carbocycles. The topological polar surface area (TPSA) is 33.1 Å². The maximum Gasteiger partial charge on any atom is 0.129 e. The van der Waals surface area contributed by atoms with Crippen LogP contribution in [0.15, 0.2) is 53.1 Å². The maximum atomic E-state index is 10.5. The summed E-state index contributed by atoms with van der Waals surface area (Å²) in [6.45, 7) is 1.75. The summed E-state index contributed by atoms with van der Waals surface area (Å²) in [6.07, 6.45) is 1.68. The van der Waals surface area contributed by atoms with E-state index in [1.54, 1.807) is 13.1 Å². The Morgan fingerprint density at radius 3 is 2.62 bits per heavy atom. The summed E-state index contributed by atoms with van der Waals surface area (Å²) < 4.78 is 0.946. The molecular formula is C13H12BrNO. The quantitative estimate of drug-likeness (QED) is 0.915. The lowest BCUT2D eigenvalue weighted by atomic mass is 9.92. The minimum absolute atomic E-state index is 0.646. The van der Waals surface area contributed by atoms with Gasteiger partial charge in [-0.25, -0.2) is 0 Å². The van der Waals surface area contributed by atoms with E-state index in [-0.39, 0.29) is 0 Å². The number of aromatic nitrogens is 1. The highest BCUT2D eigenvalue weighted by atomic mass is 79.9. The van der Waals surface area contributed by atoms with Gasteiger partial charge >= 0.3 is 0 Å². The third-order valence-corrected chi connectivity index (χ3v) is 3.04. The normalized spacial score (nSPS) is 14.4. The molecule has 0 saturated heterocycles. The van der Waals surface area contributed by atoms with Crippen molar-refractivity contribution in [3.63, 3.8) is 0 Å². The highest BCUT2D eigenvalue weighted by Gasteiger charge is 2.26. The molecule has 0 aliphatic rings. The van der Waals surface area contributed by atoms with Crippen molar-refractivity contribution in [2.75, 3.05) is 0 Å². The lowest BCUT2D eigenvalue weighted by Crippen LogP contribution is -2.23. The van der Waals surface area contributed by atoms with Gasteiger partial charge in [-0.15, -0.1) is 0 Å². The molecular weight excluding hydrogens is 266 g/mol. The van der Waals surface area contributed by atoms with Crippen LogP contribution in [0.1, 0.15) is 18.2 Å². The van der Waals surface area contributed by atoms with Gasteiger partial charge in [0.1, 0.15) is 5.60 Å². The van der Waals surface area contributed by atoms with Crippen LogP contribution in [0.5, 0.6) is 0 Å². The summed E-state index contributed by atoms with van der Waals surface area (Å²) in [7, 11) is 0. The van der Waals surface area contributed by atoms with Crippen LogP contribution in [-0.2, 0) is 5.60 Å². The minimum atomic E-state index is -1.06. The van der Waals surface area contributed by atoms with Crippen LogP contribution in [0.3, 0.4) is 0 Å². The summed E-state index contributed by atoms with van der Waals surface area (Å²) in [4.78, 5) is 4.19. The van der Waals surface area contributed by atoms with E-state index in [0.717, 1.165) is 10.0 Å². The molecule has 0 fully saturated rings. The monoisotopic (exact) mass is 277 g/mol. The van der Waals surface area contributed by atoms with Crippen molar-refractivity contribution in [2.24, 2.45) is 0 Å². The number of rotatable bonds is 2. The van der Waals surface area contributed by atoms with Gasteiger partial charge in [0.05, 0.1) is 5.69 Å². The molecule has 0 amide bonds. The molecule has 0 spiro atoms. The van der Waals surface area contributed by atoms with E-state index in [0.29, 0.717) is 5.69 Å². The van der Waals surface area contributed by atoms with E-state index in [4.69, 9.17) is 0 Å². The Morgan fingerprint density at radius 2 is 2.00 bits per heavy atom. The molecule has 2 aromatic rings. The second kappa shape index (κ2) is 4.36. The second-order valence-corrected chi connectivity index (χ2v) is 4.71. The van der Waals surface area contributed by atoms with Gasteiger partial charge < -0.3 is 5.11 Å². The minimum Gasteiger partial charge on any atom is -0.379 e. The first-order valence-electron chi connectivity index (χ1n) is 5.00. The van der Waals surface area contributed by atoms with Crippen molar-refractivity contribution in [1.82, 2.24) is 4.98 Å². The van der Waals surface area contributed by atoms with Gasteiger partial charge in [0.25, 0.3) is 0 Å². The molecule has 1 N–H and O–H groups in total. The van der Waals surface area contributed by atoms with Gasteiger partial charge in [0.15, 0.2) is 0 Å². The lowest BCUT2D eigenvalue weighted by Gasteiger charge is -2.23. The van der Waals surface area contributed by atoms with Crippen LogP contribution in [0.25, 0.3) is 0 Å². The van der Waals surface area contributed by atoms with Crippen LogP contribution in [0, 0.1) is 0 Å². The van der Waals surface area contributed by atoms with E-state index in [2.05, 4.69) is 20.9 Å². The number of pyridine rings is 1. The zero-order valence-corrected chi connectivity index (χ0v) is 10.5. The van der Waals surface area contributed by atoms with Crippen molar-refractivity contribution in [3.8, 4) is 0 Å². The second-order valence-electron chi connectivity index (χ2n) is 3.80. The Balaban J connectivity index is 2.47. The fraction of sp³-hybridized carbons (Fsp3) is 0.154. The summed E-state index contributed by atoms with van der Waals surface area (Å²) in [5.74, 6) is 0. The fourth-order valence-electron chi connectivity index (χ4n) is 1.59.